The van der Waals surface area contributed by atoms with Crippen LogP contribution in [0, 0.1) is 0 Å². The van der Waals surface area contributed by atoms with E-state index in [1.807, 2.05) is 13.8 Å². The Morgan fingerprint density at radius 1 is 0.810 bits per heavy atom. The van der Waals surface area contributed by atoms with Crippen molar-refractivity contribution in [3.8, 4) is 0 Å². The summed E-state index contributed by atoms with van der Waals surface area (Å²) in [5.41, 5.74) is 0. The lowest BCUT2D eigenvalue weighted by Crippen LogP contribution is -2.28. The highest BCUT2D eigenvalue weighted by atomic mass is 16.5. The third-order valence-electron chi connectivity index (χ3n) is 3.16. The van der Waals surface area contributed by atoms with Gasteiger partial charge in [0.2, 0.25) is 11.8 Å². The Morgan fingerprint density at radius 2 is 1.33 bits per heavy atom. The van der Waals surface area contributed by atoms with Gasteiger partial charge in [-0.15, -0.1) is 0 Å². The first kappa shape index (κ1) is 19.9. The average Bonchev–Trinajstić information content (AvgIpc) is 2.47. The standard InChI is InChI=1S/C16H32N2O3/c1-3-11-15(19)17-12-9-7-5-6-8-10-13-18-16(20)14-21-4-2/h3-14H2,1-2H3,(H,17,19)(H,18,20). The molecule has 0 radical (unpaired) electrons. The topological polar surface area (TPSA) is 67.4 Å². The Labute approximate surface area is 129 Å². The van der Waals surface area contributed by atoms with Crippen LogP contribution in [0.25, 0.3) is 0 Å². The van der Waals surface area contributed by atoms with Crippen molar-refractivity contribution in [2.75, 3.05) is 26.3 Å². The minimum absolute atomic E-state index is 0.0281. The molecule has 0 aromatic rings. The molecule has 0 saturated carbocycles. The highest BCUT2D eigenvalue weighted by molar-refractivity contribution is 5.77. The van der Waals surface area contributed by atoms with E-state index in [0.29, 0.717) is 13.0 Å². The number of hydrogen-bond donors (Lipinski definition) is 2. The van der Waals surface area contributed by atoms with Gasteiger partial charge in [-0.05, 0) is 26.2 Å². The third kappa shape index (κ3) is 15.1. The van der Waals surface area contributed by atoms with Crippen molar-refractivity contribution in [3.05, 3.63) is 0 Å². The second kappa shape index (κ2) is 15.3. The minimum atomic E-state index is -0.0281. The Balaban J connectivity index is 3.15. The number of nitrogens with one attached hydrogen (secondary N) is 2. The van der Waals surface area contributed by atoms with E-state index in [9.17, 15) is 9.59 Å². The average molecular weight is 300 g/mol. The predicted molar refractivity (Wildman–Crippen MR) is 85.1 cm³/mol. The fourth-order valence-electron chi connectivity index (χ4n) is 1.97. The van der Waals surface area contributed by atoms with Gasteiger partial charge in [-0.1, -0.05) is 32.6 Å². The van der Waals surface area contributed by atoms with E-state index in [-0.39, 0.29) is 18.4 Å². The summed E-state index contributed by atoms with van der Waals surface area (Å²) in [7, 11) is 0. The molecule has 0 heterocycles. The fraction of sp³-hybridized carbons (Fsp3) is 0.875. The molecule has 21 heavy (non-hydrogen) atoms. The first-order valence-corrected chi connectivity index (χ1v) is 8.31. The number of amides is 2. The van der Waals surface area contributed by atoms with Crippen molar-refractivity contribution in [1.29, 1.82) is 0 Å². The summed E-state index contributed by atoms with van der Waals surface area (Å²) in [6, 6.07) is 0. The van der Waals surface area contributed by atoms with E-state index in [4.69, 9.17) is 4.74 Å². The molecule has 0 fully saturated rings. The quantitative estimate of drug-likeness (QED) is 0.484. The van der Waals surface area contributed by atoms with Crippen LogP contribution in [-0.2, 0) is 14.3 Å². The molecule has 0 unspecified atom stereocenters. The van der Waals surface area contributed by atoms with Gasteiger partial charge in [0, 0.05) is 26.1 Å². The van der Waals surface area contributed by atoms with Gasteiger partial charge in [0.25, 0.3) is 0 Å². The molecule has 0 aromatic heterocycles. The van der Waals surface area contributed by atoms with Gasteiger partial charge in [-0.3, -0.25) is 9.59 Å². The van der Waals surface area contributed by atoms with E-state index in [0.717, 1.165) is 45.2 Å². The molecule has 0 aliphatic rings. The van der Waals surface area contributed by atoms with Crippen LogP contribution in [0.3, 0.4) is 0 Å². The van der Waals surface area contributed by atoms with Crippen molar-refractivity contribution in [2.24, 2.45) is 0 Å². The second-order valence-electron chi connectivity index (χ2n) is 5.21. The summed E-state index contributed by atoms with van der Waals surface area (Å²) in [4.78, 5) is 22.5. The van der Waals surface area contributed by atoms with Crippen molar-refractivity contribution in [1.82, 2.24) is 10.6 Å². The van der Waals surface area contributed by atoms with Crippen LogP contribution in [0.5, 0.6) is 0 Å². The first-order chi connectivity index (χ1) is 10.2. The Hall–Kier alpha value is -1.10. The molecule has 124 valence electrons. The molecular formula is C16H32N2O3. The van der Waals surface area contributed by atoms with E-state index in [1.54, 1.807) is 0 Å². The van der Waals surface area contributed by atoms with E-state index in [1.165, 1.54) is 12.8 Å². The van der Waals surface area contributed by atoms with Crippen LogP contribution in [-0.4, -0.2) is 38.1 Å². The minimum Gasteiger partial charge on any atom is -0.372 e. The molecular weight excluding hydrogens is 268 g/mol. The summed E-state index contributed by atoms with van der Waals surface area (Å²) < 4.78 is 5.02. The number of ether oxygens (including phenoxy) is 1. The third-order valence-corrected chi connectivity index (χ3v) is 3.16. The lowest BCUT2D eigenvalue weighted by atomic mass is 10.1. The van der Waals surface area contributed by atoms with Crippen molar-refractivity contribution < 1.29 is 14.3 Å². The second-order valence-corrected chi connectivity index (χ2v) is 5.21. The van der Waals surface area contributed by atoms with Crippen LogP contribution in [0.1, 0.15) is 65.2 Å². The molecule has 2 N–H and O–H groups in total. The smallest absolute Gasteiger partial charge is 0.245 e. The van der Waals surface area contributed by atoms with Gasteiger partial charge < -0.3 is 15.4 Å². The summed E-state index contributed by atoms with van der Waals surface area (Å²) in [6.07, 6.45) is 8.29. The highest BCUT2D eigenvalue weighted by Crippen LogP contribution is 2.04. The van der Waals surface area contributed by atoms with Gasteiger partial charge in [0.1, 0.15) is 6.61 Å². The monoisotopic (exact) mass is 300 g/mol. The number of unbranched alkanes of at least 4 members (excludes halogenated alkanes) is 5. The molecule has 0 bridgehead atoms. The van der Waals surface area contributed by atoms with Crippen LogP contribution < -0.4 is 10.6 Å². The summed E-state index contributed by atoms with van der Waals surface area (Å²) in [6.45, 7) is 6.17. The van der Waals surface area contributed by atoms with Gasteiger partial charge in [-0.25, -0.2) is 0 Å². The van der Waals surface area contributed by atoms with E-state index >= 15 is 0 Å². The first-order valence-electron chi connectivity index (χ1n) is 8.31. The lowest BCUT2D eigenvalue weighted by Gasteiger charge is -2.06. The maximum absolute atomic E-state index is 11.2. The SMILES string of the molecule is CCCC(=O)NCCCCCCCCNC(=O)COCC. The van der Waals surface area contributed by atoms with Crippen LogP contribution >= 0.6 is 0 Å². The van der Waals surface area contributed by atoms with E-state index in [2.05, 4.69) is 10.6 Å². The van der Waals surface area contributed by atoms with Crippen LogP contribution in [0.15, 0.2) is 0 Å². The zero-order valence-electron chi connectivity index (χ0n) is 13.7. The van der Waals surface area contributed by atoms with Gasteiger partial charge in [0.05, 0.1) is 0 Å². The Bertz CT molecular complexity index is 270. The number of rotatable bonds is 14. The van der Waals surface area contributed by atoms with Gasteiger partial charge in [-0.2, -0.15) is 0 Å². The fourth-order valence-corrected chi connectivity index (χ4v) is 1.97. The van der Waals surface area contributed by atoms with Crippen molar-refractivity contribution in [3.63, 3.8) is 0 Å². The van der Waals surface area contributed by atoms with Gasteiger partial charge in [0.15, 0.2) is 0 Å². The Kier molecular flexibility index (Phi) is 14.5. The maximum Gasteiger partial charge on any atom is 0.245 e. The lowest BCUT2D eigenvalue weighted by molar-refractivity contribution is -0.125. The summed E-state index contributed by atoms with van der Waals surface area (Å²) >= 11 is 0. The molecule has 0 aliphatic carbocycles. The zero-order valence-corrected chi connectivity index (χ0v) is 13.7. The van der Waals surface area contributed by atoms with Crippen molar-refractivity contribution >= 4 is 11.8 Å². The number of carbonyl (C=O) groups excluding carboxylic acids is 2. The molecule has 0 aromatic carbocycles. The van der Waals surface area contributed by atoms with Gasteiger partial charge >= 0.3 is 0 Å². The molecule has 0 atom stereocenters. The Morgan fingerprint density at radius 3 is 1.86 bits per heavy atom. The highest BCUT2D eigenvalue weighted by Gasteiger charge is 1.99. The van der Waals surface area contributed by atoms with Crippen LogP contribution in [0.4, 0.5) is 0 Å². The number of carbonyl (C=O) groups is 2. The molecule has 2 amide bonds. The molecule has 0 aliphatic heterocycles. The number of hydrogen-bond acceptors (Lipinski definition) is 3. The summed E-state index contributed by atoms with van der Waals surface area (Å²) in [5, 5.41) is 5.77. The van der Waals surface area contributed by atoms with Crippen LogP contribution in [0.2, 0.25) is 0 Å². The predicted octanol–water partition coefficient (Wildman–Crippen LogP) is 2.40. The largest absolute Gasteiger partial charge is 0.372 e. The molecule has 0 rings (SSSR count). The molecule has 0 saturated heterocycles. The molecule has 5 nitrogen and oxygen atoms in total. The van der Waals surface area contributed by atoms with Crippen molar-refractivity contribution in [2.45, 2.75) is 65.2 Å². The summed E-state index contributed by atoms with van der Waals surface area (Å²) in [5.74, 6) is 0.139. The maximum atomic E-state index is 11.2. The molecule has 0 spiro atoms. The normalized spacial score (nSPS) is 10.4. The molecule has 5 heteroatoms. The van der Waals surface area contributed by atoms with E-state index < -0.39 is 0 Å². The zero-order chi connectivity index (χ0) is 15.8.